The molecule has 0 fully saturated rings. The lowest BCUT2D eigenvalue weighted by Gasteiger charge is -2.15. The first-order valence-electron chi connectivity index (χ1n) is 5.85. The minimum absolute atomic E-state index is 0.273. The molecule has 2 N–H and O–H groups in total. The van der Waals surface area contributed by atoms with Crippen LogP contribution in [0.15, 0.2) is 24.3 Å². The minimum Gasteiger partial charge on any atom is -0.327 e. The highest BCUT2D eigenvalue weighted by Crippen LogP contribution is 2.16. The number of hydrogen-bond donors (Lipinski definition) is 1. The quantitative estimate of drug-likeness (QED) is 0.801. The predicted molar refractivity (Wildman–Crippen MR) is 67.0 cm³/mol. The van der Waals surface area contributed by atoms with Crippen LogP contribution in [-0.2, 0) is 6.42 Å². The molecule has 0 radical (unpaired) electrons. The molecule has 1 rings (SSSR count). The van der Waals surface area contributed by atoms with E-state index in [-0.39, 0.29) is 6.04 Å². The van der Waals surface area contributed by atoms with E-state index in [9.17, 15) is 0 Å². The molecule has 0 heterocycles. The van der Waals surface area contributed by atoms with Crippen molar-refractivity contribution in [1.29, 1.82) is 0 Å². The summed E-state index contributed by atoms with van der Waals surface area (Å²) in [7, 11) is 0. The third kappa shape index (κ3) is 3.67. The maximum Gasteiger partial charge on any atom is 0.0102 e. The summed E-state index contributed by atoms with van der Waals surface area (Å²) in [5.41, 5.74) is 8.79. The Morgan fingerprint density at radius 1 is 1.00 bits per heavy atom. The van der Waals surface area contributed by atoms with Crippen LogP contribution in [0.3, 0.4) is 0 Å². The Kier molecular flexibility index (Phi) is 4.34. The third-order valence-corrected chi connectivity index (χ3v) is 2.97. The van der Waals surface area contributed by atoms with E-state index in [1.54, 1.807) is 0 Å². The van der Waals surface area contributed by atoms with E-state index in [0.29, 0.717) is 11.8 Å². The van der Waals surface area contributed by atoms with Crippen LogP contribution in [0.5, 0.6) is 0 Å². The molecule has 1 nitrogen and oxygen atoms in total. The molecular formula is C14H23N. The fraction of sp³-hybridized carbons (Fsp3) is 0.571. The van der Waals surface area contributed by atoms with Gasteiger partial charge in [0.1, 0.15) is 0 Å². The van der Waals surface area contributed by atoms with Gasteiger partial charge in [0, 0.05) is 6.04 Å². The number of benzene rings is 1. The largest absolute Gasteiger partial charge is 0.327 e. The van der Waals surface area contributed by atoms with Crippen molar-refractivity contribution in [1.82, 2.24) is 0 Å². The second-order valence-electron chi connectivity index (χ2n) is 5.01. The summed E-state index contributed by atoms with van der Waals surface area (Å²) in [5.74, 6) is 1.16. The molecule has 1 atom stereocenters. The van der Waals surface area contributed by atoms with Gasteiger partial charge >= 0.3 is 0 Å². The van der Waals surface area contributed by atoms with Gasteiger partial charge in [-0.3, -0.25) is 0 Å². The molecule has 0 aliphatic carbocycles. The SMILES string of the molecule is CC(C)c1ccc(CC(N)C(C)C)cc1. The Labute approximate surface area is 93.7 Å². The van der Waals surface area contributed by atoms with Gasteiger partial charge in [-0.25, -0.2) is 0 Å². The molecule has 0 spiro atoms. The molecule has 1 unspecified atom stereocenters. The lowest BCUT2D eigenvalue weighted by Crippen LogP contribution is -2.28. The molecule has 15 heavy (non-hydrogen) atoms. The van der Waals surface area contributed by atoms with E-state index >= 15 is 0 Å². The third-order valence-electron chi connectivity index (χ3n) is 2.97. The Balaban J connectivity index is 2.64. The summed E-state index contributed by atoms with van der Waals surface area (Å²) < 4.78 is 0. The molecule has 1 aromatic carbocycles. The fourth-order valence-corrected chi connectivity index (χ4v) is 1.55. The molecule has 0 saturated heterocycles. The van der Waals surface area contributed by atoms with Gasteiger partial charge in [-0.2, -0.15) is 0 Å². The zero-order valence-electron chi connectivity index (χ0n) is 10.3. The van der Waals surface area contributed by atoms with Crippen molar-refractivity contribution in [2.45, 2.75) is 46.1 Å². The van der Waals surface area contributed by atoms with Crippen LogP contribution in [-0.4, -0.2) is 6.04 Å². The van der Waals surface area contributed by atoms with Crippen molar-refractivity contribution in [2.75, 3.05) is 0 Å². The van der Waals surface area contributed by atoms with Gasteiger partial charge in [-0.05, 0) is 29.4 Å². The summed E-state index contributed by atoms with van der Waals surface area (Å²) in [6, 6.07) is 9.12. The van der Waals surface area contributed by atoms with Gasteiger partial charge < -0.3 is 5.73 Å². The first-order chi connectivity index (χ1) is 7.00. The summed E-state index contributed by atoms with van der Waals surface area (Å²) >= 11 is 0. The van der Waals surface area contributed by atoms with Gasteiger partial charge in [0.15, 0.2) is 0 Å². The van der Waals surface area contributed by atoms with Gasteiger partial charge in [0.05, 0.1) is 0 Å². The average Bonchev–Trinajstić information content (AvgIpc) is 2.18. The molecule has 0 aliphatic rings. The van der Waals surface area contributed by atoms with Gasteiger partial charge in [0.25, 0.3) is 0 Å². The highest BCUT2D eigenvalue weighted by atomic mass is 14.6. The van der Waals surface area contributed by atoms with Gasteiger partial charge in [-0.1, -0.05) is 52.0 Å². The molecule has 0 amide bonds. The number of hydrogen-bond acceptors (Lipinski definition) is 1. The summed E-state index contributed by atoms with van der Waals surface area (Å²) in [5, 5.41) is 0. The number of rotatable bonds is 4. The minimum atomic E-state index is 0.273. The Bertz CT molecular complexity index is 285. The Morgan fingerprint density at radius 3 is 1.93 bits per heavy atom. The molecule has 84 valence electrons. The Hall–Kier alpha value is -0.820. The first-order valence-corrected chi connectivity index (χ1v) is 5.85. The summed E-state index contributed by atoms with van der Waals surface area (Å²) in [4.78, 5) is 0. The molecule has 1 aromatic rings. The maximum atomic E-state index is 6.05. The second kappa shape index (κ2) is 5.32. The van der Waals surface area contributed by atoms with E-state index in [4.69, 9.17) is 5.73 Å². The lowest BCUT2D eigenvalue weighted by atomic mass is 9.95. The van der Waals surface area contributed by atoms with Crippen molar-refractivity contribution in [3.8, 4) is 0 Å². The fourth-order valence-electron chi connectivity index (χ4n) is 1.55. The van der Waals surface area contributed by atoms with Crippen LogP contribution in [0.4, 0.5) is 0 Å². The molecule has 1 heteroatoms. The normalized spacial score (nSPS) is 13.5. The van der Waals surface area contributed by atoms with E-state index in [0.717, 1.165) is 6.42 Å². The monoisotopic (exact) mass is 205 g/mol. The zero-order chi connectivity index (χ0) is 11.4. The smallest absolute Gasteiger partial charge is 0.0102 e. The topological polar surface area (TPSA) is 26.0 Å². The highest BCUT2D eigenvalue weighted by molar-refractivity contribution is 5.25. The zero-order valence-corrected chi connectivity index (χ0v) is 10.3. The van der Waals surface area contributed by atoms with E-state index in [2.05, 4.69) is 52.0 Å². The van der Waals surface area contributed by atoms with Crippen LogP contribution in [0.1, 0.15) is 44.7 Å². The standard InChI is InChI=1S/C14H23N/c1-10(2)13-7-5-12(6-8-13)9-14(15)11(3)4/h5-8,10-11,14H,9,15H2,1-4H3. The second-order valence-corrected chi connectivity index (χ2v) is 5.01. The molecule has 0 aliphatic heterocycles. The molecule has 0 aromatic heterocycles. The van der Waals surface area contributed by atoms with Gasteiger partial charge in [-0.15, -0.1) is 0 Å². The predicted octanol–water partition coefficient (Wildman–Crippen LogP) is 3.34. The van der Waals surface area contributed by atoms with Gasteiger partial charge in [0.2, 0.25) is 0 Å². The molecular weight excluding hydrogens is 182 g/mol. The Morgan fingerprint density at radius 2 is 1.53 bits per heavy atom. The van der Waals surface area contributed by atoms with Crippen LogP contribution in [0, 0.1) is 5.92 Å². The van der Waals surface area contributed by atoms with E-state index < -0.39 is 0 Å². The maximum absolute atomic E-state index is 6.05. The van der Waals surface area contributed by atoms with Crippen molar-refractivity contribution in [2.24, 2.45) is 11.7 Å². The van der Waals surface area contributed by atoms with Crippen molar-refractivity contribution in [3.05, 3.63) is 35.4 Å². The van der Waals surface area contributed by atoms with Crippen molar-refractivity contribution in [3.63, 3.8) is 0 Å². The molecule has 0 bridgehead atoms. The van der Waals surface area contributed by atoms with E-state index in [1.807, 2.05) is 0 Å². The number of nitrogens with two attached hydrogens (primary N) is 1. The van der Waals surface area contributed by atoms with Crippen LogP contribution in [0.25, 0.3) is 0 Å². The highest BCUT2D eigenvalue weighted by Gasteiger charge is 2.08. The van der Waals surface area contributed by atoms with Crippen molar-refractivity contribution >= 4 is 0 Å². The summed E-state index contributed by atoms with van der Waals surface area (Å²) in [6.45, 7) is 8.78. The lowest BCUT2D eigenvalue weighted by molar-refractivity contribution is 0.490. The van der Waals surface area contributed by atoms with Crippen molar-refractivity contribution < 1.29 is 0 Å². The first kappa shape index (κ1) is 12.3. The van der Waals surface area contributed by atoms with Crippen LogP contribution >= 0.6 is 0 Å². The average molecular weight is 205 g/mol. The van der Waals surface area contributed by atoms with Crippen LogP contribution in [0.2, 0.25) is 0 Å². The van der Waals surface area contributed by atoms with Crippen LogP contribution < -0.4 is 5.73 Å². The molecule has 0 saturated carbocycles. The van der Waals surface area contributed by atoms with E-state index in [1.165, 1.54) is 11.1 Å². The summed E-state index contributed by atoms with van der Waals surface area (Å²) in [6.07, 6.45) is 0.982.